The third-order valence-electron chi connectivity index (χ3n) is 3.50. The second-order valence-electron chi connectivity index (χ2n) is 4.45. The molecule has 0 N–H and O–H groups in total. The van der Waals surface area contributed by atoms with E-state index in [2.05, 4.69) is 49.4 Å². The minimum Gasteiger partial charge on any atom is -0.0836 e. The first kappa shape index (κ1) is 9.65. The molecule has 0 unspecified atom stereocenters. The first-order valence-corrected chi connectivity index (χ1v) is 6.10. The molecule has 0 radical (unpaired) electrons. The van der Waals surface area contributed by atoms with Crippen molar-refractivity contribution in [2.75, 3.05) is 0 Å². The molecule has 0 nitrogen and oxygen atoms in total. The van der Waals surface area contributed by atoms with Gasteiger partial charge in [0.1, 0.15) is 0 Å². The van der Waals surface area contributed by atoms with E-state index >= 15 is 0 Å². The lowest BCUT2D eigenvalue weighted by Gasteiger charge is -2.16. The molecule has 0 amide bonds. The molecule has 0 aromatic heterocycles. The zero-order chi connectivity index (χ0) is 11.0. The highest BCUT2D eigenvalue weighted by Gasteiger charge is 2.10. The van der Waals surface area contributed by atoms with Gasteiger partial charge in [0, 0.05) is 0 Å². The van der Waals surface area contributed by atoms with Crippen molar-refractivity contribution < 1.29 is 0 Å². The predicted molar refractivity (Wildman–Crippen MR) is 70.7 cm³/mol. The van der Waals surface area contributed by atoms with Gasteiger partial charge in [0.15, 0.2) is 0 Å². The van der Waals surface area contributed by atoms with Crippen molar-refractivity contribution in [1.82, 2.24) is 0 Å². The molecule has 2 aromatic carbocycles. The van der Waals surface area contributed by atoms with Gasteiger partial charge in [-0.25, -0.2) is 0 Å². The monoisotopic (exact) mass is 208 g/mol. The van der Waals surface area contributed by atoms with Crippen molar-refractivity contribution in [1.29, 1.82) is 0 Å². The molecule has 2 aromatic rings. The molecule has 3 rings (SSSR count). The van der Waals surface area contributed by atoms with Crippen LogP contribution in [-0.2, 0) is 12.8 Å². The number of benzene rings is 2. The zero-order valence-electron chi connectivity index (χ0n) is 9.66. The minimum absolute atomic E-state index is 1.12. The van der Waals surface area contributed by atoms with Crippen LogP contribution in [0.25, 0.3) is 16.8 Å². The number of rotatable bonds is 1. The molecule has 0 aliphatic heterocycles. The van der Waals surface area contributed by atoms with Gasteiger partial charge in [0.2, 0.25) is 0 Å². The fourth-order valence-corrected chi connectivity index (χ4v) is 2.67. The lowest BCUT2D eigenvalue weighted by atomic mass is 9.89. The standard InChI is InChI=1S/C16H16/c1-2-12-11-13-7-3-4-9-15(13)16-10-6-5-8-14(12)16/h4-6,8-11H,2-3,7H2,1H3. The quantitative estimate of drug-likeness (QED) is 0.653. The second kappa shape index (κ2) is 3.79. The van der Waals surface area contributed by atoms with E-state index in [-0.39, 0.29) is 0 Å². The first-order chi connectivity index (χ1) is 7.90. The Morgan fingerprint density at radius 3 is 2.75 bits per heavy atom. The van der Waals surface area contributed by atoms with E-state index < -0.39 is 0 Å². The molecule has 0 fully saturated rings. The van der Waals surface area contributed by atoms with Crippen LogP contribution in [0.1, 0.15) is 30.0 Å². The summed E-state index contributed by atoms with van der Waals surface area (Å²) in [5, 5.41) is 2.85. The van der Waals surface area contributed by atoms with E-state index in [1.165, 1.54) is 40.3 Å². The van der Waals surface area contributed by atoms with Crippen LogP contribution in [0.15, 0.2) is 36.4 Å². The highest BCUT2D eigenvalue weighted by Crippen LogP contribution is 2.30. The molecule has 0 saturated heterocycles. The number of fused-ring (bicyclic) bond motifs is 3. The summed E-state index contributed by atoms with van der Waals surface area (Å²) in [6, 6.07) is 11.2. The summed E-state index contributed by atoms with van der Waals surface area (Å²) < 4.78 is 0. The SMILES string of the molecule is CCc1cc2c(c3ccccc13)C=CCC2. The summed E-state index contributed by atoms with van der Waals surface area (Å²) in [5.41, 5.74) is 4.46. The summed E-state index contributed by atoms with van der Waals surface area (Å²) in [5.74, 6) is 0. The van der Waals surface area contributed by atoms with Crippen LogP contribution < -0.4 is 0 Å². The molecular weight excluding hydrogens is 192 g/mol. The van der Waals surface area contributed by atoms with Gasteiger partial charge in [-0.1, -0.05) is 49.4 Å². The summed E-state index contributed by atoms with van der Waals surface area (Å²) in [6.07, 6.45) is 8.09. The molecule has 0 spiro atoms. The average Bonchev–Trinajstić information content (AvgIpc) is 2.38. The molecule has 0 heteroatoms. The Kier molecular flexibility index (Phi) is 2.28. The van der Waals surface area contributed by atoms with Crippen molar-refractivity contribution in [3.05, 3.63) is 53.1 Å². The minimum atomic E-state index is 1.12. The second-order valence-corrected chi connectivity index (χ2v) is 4.45. The van der Waals surface area contributed by atoms with Crippen molar-refractivity contribution >= 4 is 16.8 Å². The van der Waals surface area contributed by atoms with Gasteiger partial charge in [-0.2, -0.15) is 0 Å². The molecule has 1 aliphatic carbocycles. The maximum Gasteiger partial charge on any atom is -0.0106 e. The van der Waals surface area contributed by atoms with Crippen LogP contribution in [0, 0.1) is 0 Å². The largest absolute Gasteiger partial charge is 0.0836 e. The van der Waals surface area contributed by atoms with Gasteiger partial charge in [-0.05, 0) is 46.7 Å². The third-order valence-corrected chi connectivity index (χ3v) is 3.50. The lowest BCUT2D eigenvalue weighted by Crippen LogP contribution is -1.98. The molecule has 80 valence electrons. The molecule has 0 atom stereocenters. The zero-order valence-corrected chi connectivity index (χ0v) is 9.66. The summed E-state index contributed by atoms with van der Waals surface area (Å²) in [7, 11) is 0. The third kappa shape index (κ3) is 1.37. The Bertz CT molecular complexity index is 562. The lowest BCUT2D eigenvalue weighted by molar-refractivity contribution is 0.982. The van der Waals surface area contributed by atoms with Gasteiger partial charge in [0.25, 0.3) is 0 Å². The van der Waals surface area contributed by atoms with Crippen molar-refractivity contribution in [3.8, 4) is 0 Å². The smallest absolute Gasteiger partial charge is 0.0106 e. The van der Waals surface area contributed by atoms with Gasteiger partial charge in [-0.15, -0.1) is 0 Å². The molecule has 1 aliphatic rings. The van der Waals surface area contributed by atoms with Gasteiger partial charge >= 0.3 is 0 Å². The van der Waals surface area contributed by atoms with Gasteiger partial charge in [-0.3, -0.25) is 0 Å². The van der Waals surface area contributed by atoms with Crippen molar-refractivity contribution in [2.24, 2.45) is 0 Å². The average molecular weight is 208 g/mol. The van der Waals surface area contributed by atoms with Gasteiger partial charge < -0.3 is 0 Å². The fraction of sp³-hybridized carbons (Fsp3) is 0.250. The van der Waals surface area contributed by atoms with Crippen LogP contribution in [0.3, 0.4) is 0 Å². The van der Waals surface area contributed by atoms with Crippen LogP contribution in [0.5, 0.6) is 0 Å². The Morgan fingerprint density at radius 1 is 1.12 bits per heavy atom. The maximum atomic E-state index is 2.40. The summed E-state index contributed by atoms with van der Waals surface area (Å²) >= 11 is 0. The topological polar surface area (TPSA) is 0 Å². The van der Waals surface area contributed by atoms with E-state index in [1.807, 2.05) is 0 Å². The van der Waals surface area contributed by atoms with Crippen LogP contribution in [0.2, 0.25) is 0 Å². The van der Waals surface area contributed by atoms with E-state index in [0.29, 0.717) is 0 Å². The molecule has 0 heterocycles. The Morgan fingerprint density at radius 2 is 1.94 bits per heavy atom. The normalized spacial score (nSPS) is 14.1. The van der Waals surface area contributed by atoms with E-state index in [9.17, 15) is 0 Å². The Hall–Kier alpha value is -1.56. The highest BCUT2D eigenvalue weighted by molar-refractivity contribution is 5.94. The molecule has 16 heavy (non-hydrogen) atoms. The van der Waals surface area contributed by atoms with Crippen LogP contribution >= 0.6 is 0 Å². The first-order valence-electron chi connectivity index (χ1n) is 6.10. The number of allylic oxidation sites excluding steroid dienone is 1. The predicted octanol–water partition coefficient (Wildman–Crippen LogP) is 4.36. The summed E-state index contributed by atoms with van der Waals surface area (Å²) in [4.78, 5) is 0. The van der Waals surface area contributed by atoms with Crippen LogP contribution in [0.4, 0.5) is 0 Å². The number of hydrogen-bond donors (Lipinski definition) is 0. The maximum absolute atomic E-state index is 2.40. The number of aryl methyl sites for hydroxylation is 2. The van der Waals surface area contributed by atoms with E-state index in [1.54, 1.807) is 0 Å². The molecule has 0 bridgehead atoms. The van der Waals surface area contributed by atoms with E-state index in [4.69, 9.17) is 0 Å². The summed E-state index contributed by atoms with van der Waals surface area (Å²) in [6.45, 7) is 2.24. The van der Waals surface area contributed by atoms with Crippen molar-refractivity contribution in [3.63, 3.8) is 0 Å². The Balaban J connectivity index is 2.42. The van der Waals surface area contributed by atoms with Crippen molar-refractivity contribution in [2.45, 2.75) is 26.2 Å². The highest BCUT2D eigenvalue weighted by atomic mass is 14.1. The number of hydrogen-bond acceptors (Lipinski definition) is 0. The molecular formula is C16H16. The van der Waals surface area contributed by atoms with Gasteiger partial charge in [0.05, 0.1) is 0 Å². The van der Waals surface area contributed by atoms with Crippen LogP contribution in [-0.4, -0.2) is 0 Å². The molecule has 0 saturated carbocycles. The Labute approximate surface area is 96.6 Å². The fourth-order valence-electron chi connectivity index (χ4n) is 2.67. The van der Waals surface area contributed by atoms with E-state index in [0.717, 1.165) is 6.42 Å².